The summed E-state index contributed by atoms with van der Waals surface area (Å²) < 4.78 is 24.8. The average Bonchev–Trinajstić information content (AvgIpc) is 1.66. The summed E-state index contributed by atoms with van der Waals surface area (Å²) in [6.45, 7) is 24.2. The third kappa shape index (κ3) is 44.6. The summed E-state index contributed by atoms with van der Waals surface area (Å²) >= 11 is 0. The number of carboxylic acid groups (broad SMARTS) is 3. The zero-order valence-electron chi connectivity index (χ0n) is 67.6. The molecule has 10 aromatic heterocycles. The summed E-state index contributed by atoms with van der Waals surface area (Å²) in [4.78, 5) is 154. The number of esters is 4. The van der Waals surface area contributed by atoms with Crippen LogP contribution in [-0.4, -0.2) is 231 Å². The fraction of sp³-hybridized carbons (Fsp3) is 0.347. The topological polar surface area (TPSA) is 656 Å². The van der Waals surface area contributed by atoms with Crippen LogP contribution in [0.2, 0.25) is 0 Å². The van der Waals surface area contributed by atoms with Crippen LogP contribution in [0.15, 0.2) is 127 Å². The molecule has 0 amide bonds. The number of aliphatic carboxylic acids is 1. The van der Waals surface area contributed by atoms with E-state index in [4.69, 9.17) is 41.3 Å². The molecule has 120 heavy (non-hydrogen) atoms. The second-order valence-corrected chi connectivity index (χ2v) is 21.5. The van der Waals surface area contributed by atoms with Crippen molar-refractivity contribution in [3.05, 3.63) is 180 Å². The van der Waals surface area contributed by atoms with E-state index in [9.17, 15) is 38.4 Å². The standard InChI is InChI=1S/C12H14N4O2.C11H12N4O2.C10H10N4O2.C9H8N4O2.2C8H13NO4.C5H8N4.C4H6N4.C2H4O2.3CH4.2Li.2H2O/c1-4-18-12(17)10-7-8(2)15-16(10)11-5-6-13-9(3)14-11;1-3-17-11(16)9-6-8(2)14-15(9)10-4-5-12-7-13-10;1-6-5-8(10(15)16)14(13-6)9-3-4-11-7(2)12-9;1-6-4-7(9(14)15)13(12-6)8-2-3-10-5-11-8;2*1-4-13-8(11)7(9-12-3)5-6(2)10;1-4-7-3-2-5(8-4)9-6;5-8-4-1-2-6-3-7-4;1-2(3)4;;;;;;;/h5-7H,4H2,1-3H3;4-7H,3H2,1-2H3;3-5H,1-2H3,(H,15,16);2-5H,1H3,(H,14,15);2*4-5H2,1-3H3;2-3H,6H2,1H3,(H,7,8,9);1-3H,5H2,(H,6,7,8);1H3,(H,3,4);3*1H4;;;2*1H2/q;;;;;;;;;;;;2*+1;;/p-2. The number of carbonyl (C=O) groups excluding carboxylic acids is 6. The Labute approximate surface area is 716 Å². The Morgan fingerprint density at radius 1 is 0.408 bits per heavy atom. The van der Waals surface area contributed by atoms with E-state index >= 15 is 0 Å². The van der Waals surface area contributed by atoms with E-state index in [2.05, 4.69) is 121 Å². The number of aromatic carboxylic acids is 2. The molecule has 0 bridgehead atoms. The van der Waals surface area contributed by atoms with E-state index in [1.165, 1.54) is 84.1 Å². The van der Waals surface area contributed by atoms with Crippen molar-refractivity contribution in [2.24, 2.45) is 22.0 Å². The molecule has 11 N–H and O–H groups in total. The summed E-state index contributed by atoms with van der Waals surface area (Å²) in [6, 6.07) is 16.3. The fourth-order valence-corrected chi connectivity index (χ4v) is 7.96. The van der Waals surface area contributed by atoms with Gasteiger partial charge in [-0.25, -0.2) is 119 Å². The molecule has 0 aliphatic carbocycles. The Hall–Kier alpha value is -13.5. The maximum absolute atomic E-state index is 11.8. The molecule has 0 aliphatic rings. The van der Waals surface area contributed by atoms with Crippen LogP contribution < -0.4 is 60.3 Å². The molecule has 0 aromatic carbocycles. The first-order valence-electron chi connectivity index (χ1n) is 33.2. The van der Waals surface area contributed by atoms with Gasteiger partial charge in [-0.15, -0.1) is 0 Å². The molecule has 46 nitrogen and oxygen atoms in total. The van der Waals surface area contributed by atoms with Crippen LogP contribution in [0.4, 0.5) is 11.6 Å². The van der Waals surface area contributed by atoms with E-state index in [-0.39, 0.29) is 131 Å². The number of Topliss-reactive ketones (excluding diaryl/α,β-unsaturated/α-hetero) is 2. The van der Waals surface area contributed by atoms with Gasteiger partial charge in [0.2, 0.25) is 0 Å². The minimum absolute atomic E-state index is 0. The number of nitrogen functional groups attached to an aromatic ring is 2. The maximum atomic E-state index is 11.8. The molecule has 0 atom stereocenters. The first kappa shape index (κ1) is 117. The predicted octanol–water partition coefficient (Wildman–Crippen LogP) is 0.798. The number of aromatic nitrogens is 20. The number of hydrazine groups is 2. The SMILES string of the molecule is C.C.C.CC(=O)O.CCOC(=O)C(CC(C)=O)=NOC.CCOC(=O)C(CC(C)=O)=NOC.CCOC(=O)c1cc(C)nn1-c1ccnc(C)n1.CCOC(=O)c1cc(C)nn1-c1ccncn1.Cc1cc(C(=O)O)n(-c2ccnc(C)n2)n1.Cc1cc(C(=O)O)n(-c2ccncn2)n1.Cc1nccc(NN)n1.NNc1ccncn1.[Li+].[Li+].[OH-].[OH-]. The number of aryl methyl sites for hydroxylation is 7. The van der Waals surface area contributed by atoms with Crippen LogP contribution in [0.5, 0.6) is 0 Å². The Balaban J connectivity index is -0.000000308. The number of nitrogens with two attached hydrogens (primary N) is 2. The van der Waals surface area contributed by atoms with E-state index in [1.54, 1.807) is 149 Å². The van der Waals surface area contributed by atoms with Crippen molar-refractivity contribution in [1.29, 1.82) is 0 Å². The van der Waals surface area contributed by atoms with Gasteiger partial charge in [0.15, 0.2) is 57.5 Å². The number of ether oxygens (including phenoxy) is 4. The fourth-order valence-electron chi connectivity index (χ4n) is 7.96. The van der Waals surface area contributed by atoms with Crippen molar-refractivity contribution in [3.8, 4) is 23.3 Å². The van der Waals surface area contributed by atoms with Crippen LogP contribution in [0.1, 0.15) is 166 Å². The normalized spacial score (nSPS) is 9.48. The van der Waals surface area contributed by atoms with Gasteiger partial charge in [-0.2, -0.15) is 20.4 Å². The predicted molar refractivity (Wildman–Crippen MR) is 425 cm³/mol. The molecule has 0 unspecified atom stereocenters. The number of hydrogen-bond donors (Lipinski definition) is 7. The maximum Gasteiger partial charge on any atom is 1.00 e. The summed E-state index contributed by atoms with van der Waals surface area (Å²) in [6.07, 6.45) is 13.6. The Kier molecular flexibility index (Phi) is 63.3. The Morgan fingerprint density at radius 2 is 0.692 bits per heavy atom. The van der Waals surface area contributed by atoms with Crippen LogP contribution >= 0.6 is 0 Å². The Bertz CT molecular complexity index is 4700. The van der Waals surface area contributed by atoms with Crippen molar-refractivity contribution in [2.75, 3.05) is 51.5 Å². The van der Waals surface area contributed by atoms with Crippen molar-refractivity contribution >= 4 is 76.4 Å². The van der Waals surface area contributed by atoms with Crippen molar-refractivity contribution in [2.45, 2.75) is 132 Å². The number of carbonyl (C=O) groups is 9. The third-order valence-corrected chi connectivity index (χ3v) is 12.2. The second kappa shape index (κ2) is 64.7. The molecule has 48 heteroatoms. The van der Waals surface area contributed by atoms with Gasteiger partial charge in [0.05, 0.1) is 62.0 Å². The monoisotopic (exact) mass is 1660 g/mol. The van der Waals surface area contributed by atoms with Gasteiger partial charge in [0.1, 0.15) is 73.9 Å². The van der Waals surface area contributed by atoms with Crippen molar-refractivity contribution in [1.82, 2.24) is 98.9 Å². The number of hydrogen-bond acceptors (Lipinski definition) is 39. The molecule has 0 saturated heterocycles. The van der Waals surface area contributed by atoms with E-state index < -0.39 is 41.8 Å². The number of rotatable bonds is 22. The van der Waals surface area contributed by atoms with Crippen molar-refractivity contribution in [3.63, 3.8) is 0 Å². The van der Waals surface area contributed by atoms with Crippen molar-refractivity contribution < 1.29 is 136 Å². The first-order valence-corrected chi connectivity index (χ1v) is 33.2. The number of carboxylic acids is 3. The summed E-state index contributed by atoms with van der Waals surface area (Å²) in [5, 5.41) is 48.8. The van der Waals surface area contributed by atoms with Gasteiger partial charge >= 0.3 is 73.5 Å². The summed E-state index contributed by atoms with van der Waals surface area (Å²) in [5.74, 6) is 9.98. The molecular weight excluding hydrogens is 1560 g/mol. The number of nitrogens with one attached hydrogen (secondary N) is 2. The third-order valence-electron chi connectivity index (χ3n) is 12.2. The number of oxime groups is 2. The molecule has 0 saturated carbocycles. The summed E-state index contributed by atoms with van der Waals surface area (Å²) in [7, 11) is 2.61. The molecule has 0 aliphatic heterocycles. The van der Waals surface area contributed by atoms with Crippen LogP contribution in [-0.2, 0) is 52.6 Å². The smallest absolute Gasteiger partial charge is 0.870 e. The van der Waals surface area contributed by atoms with E-state index in [0.717, 1.165) is 18.3 Å². The van der Waals surface area contributed by atoms with Gasteiger partial charge < -0.3 is 65.7 Å². The quantitative estimate of drug-likeness (QED) is 0.0123. The van der Waals surface area contributed by atoms with E-state index in [0.29, 0.717) is 88.4 Å². The van der Waals surface area contributed by atoms with Crippen LogP contribution in [0, 0.1) is 48.5 Å². The largest absolute Gasteiger partial charge is 1.00 e. The first-order chi connectivity index (χ1) is 53.8. The van der Waals surface area contributed by atoms with E-state index in [1.807, 2.05) is 6.92 Å². The molecule has 0 spiro atoms. The van der Waals surface area contributed by atoms with Gasteiger partial charge in [-0.1, -0.05) is 32.6 Å². The number of nitrogens with zero attached hydrogens (tertiary/aromatic N) is 22. The van der Waals surface area contributed by atoms with Gasteiger partial charge in [0, 0.05) is 80.5 Å². The molecule has 0 fully saturated rings. The molecule has 10 rings (SSSR count). The Morgan fingerprint density at radius 3 is 0.950 bits per heavy atom. The van der Waals surface area contributed by atoms with Crippen LogP contribution in [0.3, 0.4) is 0 Å². The molecule has 0 radical (unpaired) electrons. The van der Waals surface area contributed by atoms with Gasteiger partial charge in [-0.05, 0) is 114 Å². The minimum atomic E-state index is -1.03. The van der Waals surface area contributed by atoms with Gasteiger partial charge in [-0.3, -0.25) is 14.4 Å². The summed E-state index contributed by atoms with van der Waals surface area (Å²) in [5.41, 5.74) is 8.42. The zero-order chi connectivity index (χ0) is 84.5. The second-order valence-electron chi connectivity index (χ2n) is 21.5. The zero-order valence-corrected chi connectivity index (χ0v) is 67.6. The molecule has 10 aromatic rings. The number of ketones is 2. The van der Waals surface area contributed by atoms with Crippen LogP contribution in [0.25, 0.3) is 23.3 Å². The average molecular weight is 1670 g/mol. The van der Waals surface area contributed by atoms with Gasteiger partial charge in [0.25, 0.3) is 5.97 Å². The molecule has 642 valence electrons. The number of anilines is 2. The molecular formula is C72H102Li2N26O20. The minimum Gasteiger partial charge on any atom is -0.870 e. The molecule has 10 heterocycles.